The van der Waals surface area contributed by atoms with E-state index in [9.17, 15) is 8.42 Å². The van der Waals surface area contributed by atoms with Gasteiger partial charge in [0.1, 0.15) is 0 Å². The summed E-state index contributed by atoms with van der Waals surface area (Å²) in [5.74, 6) is 0. The third-order valence-corrected chi connectivity index (χ3v) is 2.89. The average Bonchev–Trinajstić information content (AvgIpc) is 2.64. The second-order valence-corrected chi connectivity index (χ2v) is 4.05. The largest absolute Gasteiger partial charge is 0.279 e. The second-order valence-electron chi connectivity index (χ2n) is 2.30. The molecule has 1 rings (SSSR count). The predicted octanol–water partition coefficient (Wildman–Crippen LogP) is -0.454. The van der Waals surface area contributed by atoms with Gasteiger partial charge in [0.2, 0.25) is 0 Å². The Morgan fingerprint density at radius 1 is 1.50 bits per heavy atom. The molecule has 1 aliphatic heterocycles. The standard InChI is InChI=1S/C5H12N2O2S/c1-2-3-6-10(8,9)7-4-5-7/h6H,2-5H2,1H3. The van der Waals surface area contributed by atoms with Crippen LogP contribution >= 0.6 is 0 Å². The lowest BCUT2D eigenvalue weighted by molar-refractivity contribution is 0.546. The molecule has 4 nitrogen and oxygen atoms in total. The highest BCUT2D eigenvalue weighted by atomic mass is 32.2. The van der Waals surface area contributed by atoms with E-state index >= 15 is 0 Å². The van der Waals surface area contributed by atoms with Crippen LogP contribution in [0.4, 0.5) is 0 Å². The van der Waals surface area contributed by atoms with Gasteiger partial charge in [-0.15, -0.1) is 0 Å². The molecule has 1 saturated heterocycles. The van der Waals surface area contributed by atoms with E-state index in [1.165, 1.54) is 4.31 Å². The van der Waals surface area contributed by atoms with E-state index in [-0.39, 0.29) is 0 Å². The molecule has 0 radical (unpaired) electrons. The Labute approximate surface area is 61.4 Å². The normalized spacial score (nSPS) is 19.3. The maximum Gasteiger partial charge on any atom is 0.279 e. The van der Waals surface area contributed by atoms with Crippen LogP contribution in [-0.2, 0) is 10.2 Å². The quantitative estimate of drug-likeness (QED) is 0.572. The number of nitrogens with one attached hydrogen (secondary N) is 1. The maximum atomic E-state index is 11.0. The first-order valence-corrected chi connectivity index (χ1v) is 4.85. The van der Waals surface area contributed by atoms with Gasteiger partial charge >= 0.3 is 0 Å². The Bertz CT molecular complexity index is 196. The number of hydrogen-bond acceptors (Lipinski definition) is 2. The van der Waals surface area contributed by atoms with Crippen molar-refractivity contribution in [1.29, 1.82) is 0 Å². The summed E-state index contributed by atoms with van der Waals surface area (Å²) in [7, 11) is -3.07. The van der Waals surface area contributed by atoms with Crippen LogP contribution in [0.25, 0.3) is 0 Å². The topological polar surface area (TPSA) is 49.2 Å². The fraction of sp³-hybridized carbons (Fsp3) is 1.00. The number of nitrogens with zero attached hydrogens (tertiary/aromatic N) is 1. The Hall–Kier alpha value is -0.130. The van der Waals surface area contributed by atoms with Gasteiger partial charge in [-0.1, -0.05) is 6.92 Å². The molecule has 0 spiro atoms. The molecule has 1 heterocycles. The molecule has 1 fully saturated rings. The van der Waals surface area contributed by atoms with Crippen LogP contribution in [0.15, 0.2) is 0 Å². The van der Waals surface area contributed by atoms with Crippen molar-refractivity contribution in [3.8, 4) is 0 Å². The van der Waals surface area contributed by atoms with Crippen LogP contribution in [0.3, 0.4) is 0 Å². The third kappa shape index (κ3) is 1.93. The molecule has 60 valence electrons. The molecule has 1 aliphatic rings. The van der Waals surface area contributed by atoms with Crippen LogP contribution < -0.4 is 4.72 Å². The smallest absolute Gasteiger partial charge is 0.202 e. The first-order chi connectivity index (χ1) is 4.67. The van der Waals surface area contributed by atoms with Crippen molar-refractivity contribution in [3.63, 3.8) is 0 Å². The van der Waals surface area contributed by atoms with Gasteiger partial charge in [-0.3, -0.25) is 0 Å². The molecule has 5 heteroatoms. The maximum absolute atomic E-state index is 11.0. The summed E-state index contributed by atoms with van der Waals surface area (Å²) < 4.78 is 25.8. The van der Waals surface area contributed by atoms with Crippen LogP contribution in [0.2, 0.25) is 0 Å². The molecule has 0 bridgehead atoms. The van der Waals surface area contributed by atoms with Gasteiger partial charge in [0.25, 0.3) is 10.2 Å². The fourth-order valence-corrected chi connectivity index (χ4v) is 1.81. The molecule has 0 unspecified atom stereocenters. The molecule has 1 N–H and O–H groups in total. The summed E-state index contributed by atoms with van der Waals surface area (Å²) in [6.45, 7) is 3.84. The van der Waals surface area contributed by atoms with Crippen molar-refractivity contribution in [2.24, 2.45) is 0 Å². The summed E-state index contributed by atoms with van der Waals surface area (Å²) >= 11 is 0. The van der Waals surface area contributed by atoms with Gasteiger partial charge in [0.05, 0.1) is 0 Å². The molecule has 0 amide bonds. The number of hydrogen-bond donors (Lipinski definition) is 1. The van der Waals surface area contributed by atoms with E-state index in [0.717, 1.165) is 6.42 Å². The van der Waals surface area contributed by atoms with Crippen molar-refractivity contribution in [3.05, 3.63) is 0 Å². The summed E-state index contributed by atoms with van der Waals surface area (Å²) in [5, 5.41) is 0. The second kappa shape index (κ2) is 2.86. The SMILES string of the molecule is CCCNS(=O)(=O)N1CC1. The lowest BCUT2D eigenvalue weighted by Crippen LogP contribution is -2.30. The molecule has 0 atom stereocenters. The van der Waals surface area contributed by atoms with E-state index < -0.39 is 10.2 Å². The van der Waals surface area contributed by atoms with Gasteiger partial charge in [-0.2, -0.15) is 12.7 Å². The highest BCUT2D eigenvalue weighted by Gasteiger charge is 2.30. The highest BCUT2D eigenvalue weighted by Crippen LogP contribution is 2.08. The van der Waals surface area contributed by atoms with Crippen LogP contribution in [0, 0.1) is 0 Å². The van der Waals surface area contributed by atoms with Gasteiger partial charge < -0.3 is 0 Å². The fourth-order valence-electron chi connectivity index (χ4n) is 0.604. The van der Waals surface area contributed by atoms with Gasteiger partial charge in [0, 0.05) is 19.6 Å². The number of rotatable bonds is 4. The van der Waals surface area contributed by atoms with Crippen molar-refractivity contribution in [2.75, 3.05) is 19.6 Å². The molecule has 0 aromatic carbocycles. The van der Waals surface area contributed by atoms with E-state index in [2.05, 4.69) is 4.72 Å². The molecule has 0 aromatic heterocycles. The van der Waals surface area contributed by atoms with Crippen LogP contribution in [0.5, 0.6) is 0 Å². The van der Waals surface area contributed by atoms with Gasteiger partial charge in [-0.05, 0) is 6.42 Å². The predicted molar refractivity (Wildman–Crippen MR) is 38.8 cm³/mol. The minimum Gasteiger partial charge on any atom is -0.202 e. The van der Waals surface area contributed by atoms with Crippen LogP contribution in [-0.4, -0.2) is 32.4 Å². The van der Waals surface area contributed by atoms with E-state index in [0.29, 0.717) is 19.6 Å². The molecule has 0 aliphatic carbocycles. The summed E-state index contributed by atoms with van der Waals surface area (Å²) in [4.78, 5) is 0. The Morgan fingerprint density at radius 3 is 2.50 bits per heavy atom. The van der Waals surface area contributed by atoms with E-state index in [1.807, 2.05) is 6.92 Å². The zero-order chi connectivity index (χ0) is 7.61. The lowest BCUT2D eigenvalue weighted by atomic mass is 10.5. The average molecular weight is 164 g/mol. The molecule has 0 saturated carbocycles. The zero-order valence-electron chi connectivity index (χ0n) is 6.00. The van der Waals surface area contributed by atoms with Crippen molar-refractivity contribution in [1.82, 2.24) is 9.03 Å². The van der Waals surface area contributed by atoms with Crippen molar-refractivity contribution in [2.45, 2.75) is 13.3 Å². The first-order valence-electron chi connectivity index (χ1n) is 3.41. The van der Waals surface area contributed by atoms with Crippen molar-refractivity contribution < 1.29 is 8.42 Å². The third-order valence-electron chi connectivity index (χ3n) is 1.28. The summed E-state index contributed by atoms with van der Waals surface area (Å²) in [6, 6.07) is 0. The Balaban J connectivity index is 2.36. The highest BCUT2D eigenvalue weighted by molar-refractivity contribution is 7.87. The Morgan fingerprint density at radius 2 is 2.10 bits per heavy atom. The zero-order valence-corrected chi connectivity index (χ0v) is 6.82. The first kappa shape index (κ1) is 7.97. The molecule has 10 heavy (non-hydrogen) atoms. The summed E-state index contributed by atoms with van der Waals surface area (Å²) in [5.41, 5.74) is 0. The Kier molecular flexibility index (Phi) is 2.28. The molecular weight excluding hydrogens is 152 g/mol. The van der Waals surface area contributed by atoms with Gasteiger partial charge in [-0.25, -0.2) is 4.72 Å². The minimum absolute atomic E-state index is 0.541. The van der Waals surface area contributed by atoms with Gasteiger partial charge in [0.15, 0.2) is 0 Å². The lowest BCUT2D eigenvalue weighted by Gasteiger charge is -2.03. The minimum atomic E-state index is -3.07. The molecular formula is C5H12N2O2S. The van der Waals surface area contributed by atoms with Crippen LogP contribution in [0.1, 0.15) is 13.3 Å². The van der Waals surface area contributed by atoms with E-state index in [1.54, 1.807) is 0 Å². The summed E-state index contributed by atoms with van der Waals surface area (Å²) in [6.07, 6.45) is 0.840. The van der Waals surface area contributed by atoms with E-state index in [4.69, 9.17) is 0 Å². The van der Waals surface area contributed by atoms with Crippen molar-refractivity contribution >= 4 is 10.2 Å². The monoisotopic (exact) mass is 164 g/mol. The molecule has 0 aromatic rings.